The van der Waals surface area contributed by atoms with E-state index >= 15 is 0 Å². The minimum Gasteiger partial charge on any atom is -0.497 e. The van der Waals surface area contributed by atoms with Crippen molar-refractivity contribution in [3.8, 4) is 5.75 Å². The van der Waals surface area contributed by atoms with Gasteiger partial charge in [-0.25, -0.2) is 9.59 Å². The van der Waals surface area contributed by atoms with Crippen LogP contribution in [-0.2, 0) is 4.74 Å². The summed E-state index contributed by atoms with van der Waals surface area (Å²) in [7, 11) is 1.58. The van der Waals surface area contributed by atoms with E-state index < -0.39 is 11.9 Å². The van der Waals surface area contributed by atoms with Crippen LogP contribution in [0.2, 0.25) is 0 Å². The summed E-state index contributed by atoms with van der Waals surface area (Å²) >= 11 is 0. The molecule has 0 saturated carbocycles. The van der Waals surface area contributed by atoms with Crippen molar-refractivity contribution < 1.29 is 19.1 Å². The first-order valence-corrected chi connectivity index (χ1v) is 5.07. The minimum atomic E-state index is -0.588. The SMILES string of the molecule is COc1ccc2cc3c(cc2c1)C(=O)OC3=O. The van der Waals surface area contributed by atoms with Crippen LogP contribution in [-0.4, -0.2) is 19.0 Å². The van der Waals surface area contributed by atoms with Gasteiger partial charge in [0, 0.05) is 0 Å². The van der Waals surface area contributed by atoms with Gasteiger partial charge in [-0.3, -0.25) is 0 Å². The summed E-state index contributed by atoms with van der Waals surface area (Å²) in [5.41, 5.74) is 0.642. The fraction of sp³-hybridized carbons (Fsp3) is 0.0769. The lowest BCUT2D eigenvalue weighted by Gasteiger charge is -2.03. The molecule has 1 heterocycles. The van der Waals surface area contributed by atoms with E-state index in [-0.39, 0.29) is 0 Å². The first kappa shape index (κ1) is 9.84. The van der Waals surface area contributed by atoms with E-state index in [1.165, 1.54) is 0 Å². The summed E-state index contributed by atoms with van der Waals surface area (Å²) in [5.74, 6) is -0.465. The zero-order valence-corrected chi connectivity index (χ0v) is 9.02. The van der Waals surface area contributed by atoms with Crippen molar-refractivity contribution in [1.82, 2.24) is 0 Å². The third kappa shape index (κ3) is 1.38. The number of ether oxygens (including phenoxy) is 2. The van der Waals surface area contributed by atoms with E-state index in [0.29, 0.717) is 16.9 Å². The lowest BCUT2D eigenvalue weighted by molar-refractivity contribution is 0.0444. The van der Waals surface area contributed by atoms with Gasteiger partial charge in [-0.1, -0.05) is 6.07 Å². The van der Waals surface area contributed by atoms with Crippen LogP contribution in [0.4, 0.5) is 0 Å². The van der Waals surface area contributed by atoms with Gasteiger partial charge in [0.15, 0.2) is 0 Å². The van der Waals surface area contributed by atoms with Gasteiger partial charge in [0.1, 0.15) is 5.75 Å². The van der Waals surface area contributed by atoms with E-state index in [1.54, 1.807) is 25.3 Å². The maximum atomic E-state index is 11.4. The average Bonchev–Trinajstić information content (AvgIpc) is 2.62. The van der Waals surface area contributed by atoms with Crippen LogP contribution in [0.15, 0.2) is 30.3 Å². The molecule has 0 spiro atoms. The van der Waals surface area contributed by atoms with Crippen molar-refractivity contribution >= 4 is 22.7 Å². The quantitative estimate of drug-likeness (QED) is 0.554. The Balaban J connectivity index is 2.31. The molecule has 0 atom stereocenters. The minimum absolute atomic E-state index is 0.316. The summed E-state index contributed by atoms with van der Waals surface area (Å²) in [6, 6.07) is 8.77. The number of hydrogen-bond acceptors (Lipinski definition) is 4. The van der Waals surface area contributed by atoms with E-state index in [1.807, 2.05) is 12.1 Å². The molecule has 1 aliphatic rings. The predicted molar refractivity (Wildman–Crippen MR) is 60.2 cm³/mol. The Morgan fingerprint density at radius 1 is 0.941 bits per heavy atom. The second kappa shape index (κ2) is 3.31. The zero-order chi connectivity index (χ0) is 12.0. The van der Waals surface area contributed by atoms with Gasteiger partial charge in [0.05, 0.1) is 18.2 Å². The topological polar surface area (TPSA) is 52.6 Å². The molecular formula is C13H8O4. The summed E-state index contributed by atoms with van der Waals surface area (Å²) in [4.78, 5) is 22.8. The number of benzene rings is 2. The summed E-state index contributed by atoms with van der Waals surface area (Å²) in [6.45, 7) is 0. The second-order valence-electron chi connectivity index (χ2n) is 3.79. The maximum absolute atomic E-state index is 11.4. The molecule has 2 aromatic carbocycles. The summed E-state index contributed by atoms with van der Waals surface area (Å²) < 4.78 is 9.66. The van der Waals surface area contributed by atoms with E-state index in [9.17, 15) is 9.59 Å². The Labute approximate surface area is 96.8 Å². The molecule has 84 valence electrons. The predicted octanol–water partition coefficient (Wildman–Crippen LogP) is 2.16. The number of hydrogen-bond donors (Lipinski definition) is 0. The molecular weight excluding hydrogens is 220 g/mol. The highest BCUT2D eigenvalue weighted by atomic mass is 16.6. The largest absolute Gasteiger partial charge is 0.497 e. The van der Waals surface area contributed by atoms with Crippen LogP contribution in [0.1, 0.15) is 20.7 Å². The van der Waals surface area contributed by atoms with Crippen molar-refractivity contribution in [2.75, 3.05) is 7.11 Å². The Morgan fingerprint density at radius 2 is 1.59 bits per heavy atom. The fourth-order valence-corrected chi connectivity index (χ4v) is 1.93. The third-order valence-corrected chi connectivity index (χ3v) is 2.81. The van der Waals surface area contributed by atoms with Crippen LogP contribution in [0, 0.1) is 0 Å². The lowest BCUT2D eigenvalue weighted by atomic mass is 10.0. The molecule has 0 unspecified atom stereocenters. The van der Waals surface area contributed by atoms with Crippen molar-refractivity contribution in [2.24, 2.45) is 0 Å². The van der Waals surface area contributed by atoms with E-state index in [0.717, 1.165) is 10.8 Å². The van der Waals surface area contributed by atoms with Crippen LogP contribution < -0.4 is 4.74 Å². The van der Waals surface area contributed by atoms with Gasteiger partial charge in [0.25, 0.3) is 0 Å². The van der Waals surface area contributed by atoms with Crippen LogP contribution >= 0.6 is 0 Å². The molecule has 0 aromatic heterocycles. The van der Waals surface area contributed by atoms with Gasteiger partial charge < -0.3 is 9.47 Å². The summed E-state index contributed by atoms with van der Waals surface area (Å²) in [5, 5.41) is 1.71. The second-order valence-corrected chi connectivity index (χ2v) is 3.79. The highest BCUT2D eigenvalue weighted by Crippen LogP contribution is 2.28. The van der Waals surface area contributed by atoms with Crippen molar-refractivity contribution in [3.63, 3.8) is 0 Å². The normalized spacial score (nSPS) is 13.7. The lowest BCUT2D eigenvalue weighted by Crippen LogP contribution is -1.96. The fourth-order valence-electron chi connectivity index (χ4n) is 1.93. The van der Waals surface area contributed by atoms with Crippen molar-refractivity contribution in [3.05, 3.63) is 41.5 Å². The molecule has 17 heavy (non-hydrogen) atoms. The molecule has 4 heteroatoms. The molecule has 0 aliphatic carbocycles. The van der Waals surface area contributed by atoms with Gasteiger partial charge >= 0.3 is 11.9 Å². The Morgan fingerprint density at radius 3 is 2.24 bits per heavy atom. The Hall–Kier alpha value is -2.36. The molecule has 0 bridgehead atoms. The van der Waals surface area contributed by atoms with Crippen LogP contribution in [0.25, 0.3) is 10.8 Å². The Kier molecular flexibility index (Phi) is 1.92. The van der Waals surface area contributed by atoms with Gasteiger partial charge in [-0.2, -0.15) is 0 Å². The number of rotatable bonds is 1. The maximum Gasteiger partial charge on any atom is 0.346 e. The number of cyclic esters (lactones) is 2. The highest BCUT2D eigenvalue weighted by Gasteiger charge is 2.29. The molecule has 0 amide bonds. The third-order valence-electron chi connectivity index (χ3n) is 2.81. The molecule has 0 N–H and O–H groups in total. The van der Waals surface area contributed by atoms with Gasteiger partial charge in [0.2, 0.25) is 0 Å². The average molecular weight is 228 g/mol. The first-order chi connectivity index (χ1) is 8.19. The molecule has 4 nitrogen and oxygen atoms in total. The van der Waals surface area contributed by atoms with Crippen LogP contribution in [0.3, 0.4) is 0 Å². The molecule has 0 fully saturated rings. The monoisotopic (exact) mass is 228 g/mol. The number of methoxy groups -OCH3 is 1. The van der Waals surface area contributed by atoms with Crippen molar-refractivity contribution in [2.45, 2.75) is 0 Å². The van der Waals surface area contributed by atoms with E-state index in [4.69, 9.17) is 4.74 Å². The number of fused-ring (bicyclic) bond motifs is 2. The van der Waals surface area contributed by atoms with Gasteiger partial charge in [-0.15, -0.1) is 0 Å². The smallest absolute Gasteiger partial charge is 0.346 e. The number of carbonyl (C=O) groups excluding carboxylic acids is 2. The molecule has 0 saturated heterocycles. The molecule has 3 rings (SSSR count). The summed E-state index contributed by atoms with van der Waals surface area (Å²) in [6.07, 6.45) is 0. The number of carbonyl (C=O) groups is 2. The van der Waals surface area contributed by atoms with Crippen LogP contribution in [0.5, 0.6) is 5.75 Å². The molecule has 0 radical (unpaired) electrons. The molecule has 2 aromatic rings. The zero-order valence-electron chi connectivity index (χ0n) is 9.02. The van der Waals surface area contributed by atoms with Gasteiger partial charge in [-0.05, 0) is 35.0 Å². The highest BCUT2D eigenvalue weighted by molar-refractivity contribution is 6.17. The van der Waals surface area contributed by atoms with E-state index in [2.05, 4.69) is 4.74 Å². The standard InChI is InChI=1S/C13H8O4/c1-16-9-3-2-7-5-10-11(6-8(7)4-9)13(15)17-12(10)14/h2-6H,1H3. The van der Waals surface area contributed by atoms with Crippen molar-refractivity contribution in [1.29, 1.82) is 0 Å². The molecule has 1 aliphatic heterocycles. The number of esters is 2. The first-order valence-electron chi connectivity index (χ1n) is 5.07. The Bertz CT molecular complexity index is 658.